The molecule has 16 heavy (non-hydrogen) atoms. The molecule has 2 aromatic rings. The van der Waals surface area contributed by atoms with Crippen molar-refractivity contribution < 1.29 is 4.74 Å². The highest BCUT2D eigenvalue weighted by atomic mass is 79.9. The third kappa shape index (κ3) is 2.57. The summed E-state index contributed by atoms with van der Waals surface area (Å²) in [6, 6.07) is 7.38. The van der Waals surface area contributed by atoms with Gasteiger partial charge in [0.25, 0.3) is 0 Å². The number of nitrogens with zero attached hydrogens (tertiary/aromatic N) is 2. The summed E-state index contributed by atoms with van der Waals surface area (Å²) in [5.74, 6) is 0.672. The summed E-state index contributed by atoms with van der Waals surface area (Å²) < 4.78 is 8.23. The van der Waals surface area contributed by atoms with Crippen LogP contribution in [0.15, 0.2) is 35.2 Å². The van der Waals surface area contributed by atoms with Crippen molar-refractivity contribution in [2.75, 3.05) is 0 Å². The standard InChI is InChI=1S/C11H10BrClN2O/c1-15-6-8(14-11(15)12)7-16-10-5-3-2-4-9(10)13/h2-6H,7H2,1H3. The van der Waals surface area contributed by atoms with Crippen molar-refractivity contribution in [3.8, 4) is 5.75 Å². The van der Waals surface area contributed by atoms with Crippen molar-refractivity contribution in [3.63, 3.8) is 0 Å². The van der Waals surface area contributed by atoms with E-state index in [2.05, 4.69) is 20.9 Å². The van der Waals surface area contributed by atoms with Crippen molar-refractivity contribution in [1.29, 1.82) is 0 Å². The Kier molecular flexibility index (Phi) is 3.51. The molecule has 0 unspecified atom stereocenters. The number of ether oxygens (including phenoxy) is 1. The second-order valence-corrected chi connectivity index (χ2v) is 4.45. The van der Waals surface area contributed by atoms with Gasteiger partial charge in [-0.1, -0.05) is 23.7 Å². The number of hydrogen-bond acceptors (Lipinski definition) is 2. The third-order valence-corrected chi connectivity index (χ3v) is 3.13. The van der Waals surface area contributed by atoms with Gasteiger partial charge in [0.05, 0.1) is 10.7 Å². The van der Waals surface area contributed by atoms with Crippen LogP contribution in [0.5, 0.6) is 5.75 Å². The van der Waals surface area contributed by atoms with E-state index < -0.39 is 0 Å². The lowest BCUT2D eigenvalue weighted by molar-refractivity contribution is 0.302. The second-order valence-electron chi connectivity index (χ2n) is 3.33. The second kappa shape index (κ2) is 4.89. The minimum absolute atomic E-state index is 0.406. The molecule has 2 rings (SSSR count). The van der Waals surface area contributed by atoms with Gasteiger partial charge >= 0.3 is 0 Å². The molecule has 3 nitrogen and oxygen atoms in total. The van der Waals surface area contributed by atoms with E-state index in [0.29, 0.717) is 17.4 Å². The van der Waals surface area contributed by atoms with E-state index in [-0.39, 0.29) is 0 Å². The average Bonchev–Trinajstić information content (AvgIpc) is 2.57. The van der Waals surface area contributed by atoms with Gasteiger partial charge in [-0.15, -0.1) is 0 Å². The predicted molar refractivity (Wildman–Crippen MR) is 66.7 cm³/mol. The number of aromatic nitrogens is 2. The number of imidazole rings is 1. The lowest BCUT2D eigenvalue weighted by Gasteiger charge is -2.05. The van der Waals surface area contributed by atoms with Crippen LogP contribution >= 0.6 is 27.5 Å². The zero-order chi connectivity index (χ0) is 11.5. The molecular formula is C11H10BrClN2O. The zero-order valence-electron chi connectivity index (χ0n) is 8.65. The van der Waals surface area contributed by atoms with Crippen molar-refractivity contribution >= 4 is 27.5 Å². The molecule has 0 saturated carbocycles. The molecule has 0 bridgehead atoms. The number of para-hydroxylation sites is 1. The fourth-order valence-electron chi connectivity index (χ4n) is 1.29. The molecule has 0 aliphatic carbocycles. The molecular weight excluding hydrogens is 291 g/mol. The van der Waals surface area contributed by atoms with E-state index in [1.807, 2.05) is 36.0 Å². The molecule has 0 fully saturated rings. The minimum atomic E-state index is 0.406. The van der Waals surface area contributed by atoms with Crippen molar-refractivity contribution in [1.82, 2.24) is 9.55 Å². The number of aryl methyl sites for hydroxylation is 1. The fourth-order valence-corrected chi connectivity index (χ4v) is 1.81. The molecule has 0 atom stereocenters. The number of hydrogen-bond donors (Lipinski definition) is 0. The molecule has 1 aromatic carbocycles. The van der Waals surface area contributed by atoms with Gasteiger partial charge in [0.2, 0.25) is 0 Å². The molecule has 0 saturated heterocycles. The highest BCUT2D eigenvalue weighted by molar-refractivity contribution is 9.10. The molecule has 0 aliphatic rings. The zero-order valence-corrected chi connectivity index (χ0v) is 11.0. The summed E-state index contributed by atoms with van der Waals surface area (Å²) in [7, 11) is 1.91. The summed E-state index contributed by atoms with van der Waals surface area (Å²) in [5.41, 5.74) is 0.856. The molecule has 5 heteroatoms. The lowest BCUT2D eigenvalue weighted by Crippen LogP contribution is -1.95. The monoisotopic (exact) mass is 300 g/mol. The fraction of sp³-hybridized carbons (Fsp3) is 0.182. The predicted octanol–water partition coefficient (Wildman–Crippen LogP) is 3.42. The van der Waals surface area contributed by atoms with Crippen LogP contribution in [0, 0.1) is 0 Å². The van der Waals surface area contributed by atoms with E-state index in [4.69, 9.17) is 16.3 Å². The smallest absolute Gasteiger partial charge is 0.177 e. The Hall–Kier alpha value is -1.00. The van der Waals surface area contributed by atoms with Crippen LogP contribution in [-0.2, 0) is 13.7 Å². The van der Waals surface area contributed by atoms with Crippen LogP contribution in [0.3, 0.4) is 0 Å². The van der Waals surface area contributed by atoms with Gasteiger partial charge in [-0.2, -0.15) is 0 Å². The molecule has 84 valence electrons. The maximum Gasteiger partial charge on any atom is 0.177 e. The van der Waals surface area contributed by atoms with Gasteiger partial charge in [-0.05, 0) is 28.1 Å². The highest BCUT2D eigenvalue weighted by Gasteiger charge is 2.04. The summed E-state index contributed by atoms with van der Waals surface area (Å²) >= 11 is 9.29. The first kappa shape index (κ1) is 11.5. The van der Waals surface area contributed by atoms with Crippen LogP contribution in [0.25, 0.3) is 0 Å². The number of halogens is 2. The van der Waals surface area contributed by atoms with E-state index >= 15 is 0 Å². The van der Waals surface area contributed by atoms with Gasteiger partial charge in [-0.3, -0.25) is 0 Å². The molecule has 0 radical (unpaired) electrons. The van der Waals surface area contributed by atoms with E-state index in [0.717, 1.165) is 10.4 Å². The van der Waals surface area contributed by atoms with Gasteiger partial charge in [0.1, 0.15) is 12.4 Å². The first-order valence-electron chi connectivity index (χ1n) is 4.72. The Labute approximate surface area is 107 Å². The SMILES string of the molecule is Cn1cc(COc2ccccc2Cl)nc1Br. The van der Waals surface area contributed by atoms with Gasteiger partial charge in [0, 0.05) is 13.2 Å². The van der Waals surface area contributed by atoms with Crippen LogP contribution in [0.1, 0.15) is 5.69 Å². The highest BCUT2D eigenvalue weighted by Crippen LogP contribution is 2.24. The Morgan fingerprint density at radius 3 is 2.81 bits per heavy atom. The minimum Gasteiger partial charge on any atom is -0.486 e. The third-order valence-electron chi connectivity index (χ3n) is 2.08. The normalized spacial score (nSPS) is 10.4. The van der Waals surface area contributed by atoms with Crippen LogP contribution in [-0.4, -0.2) is 9.55 Å². The van der Waals surface area contributed by atoms with E-state index in [1.165, 1.54) is 0 Å². The Balaban J connectivity index is 2.05. The summed E-state index contributed by atoms with van der Waals surface area (Å²) in [4.78, 5) is 4.27. The topological polar surface area (TPSA) is 27.1 Å². The average molecular weight is 302 g/mol. The maximum atomic E-state index is 5.97. The van der Waals surface area contributed by atoms with E-state index in [9.17, 15) is 0 Å². The molecule has 0 spiro atoms. The van der Waals surface area contributed by atoms with E-state index in [1.54, 1.807) is 6.07 Å². The van der Waals surface area contributed by atoms with Gasteiger partial charge in [0.15, 0.2) is 4.73 Å². The molecule has 1 aromatic heterocycles. The summed E-state index contributed by atoms with van der Waals surface area (Å²) in [6.07, 6.45) is 1.90. The van der Waals surface area contributed by atoms with Crippen molar-refractivity contribution in [2.45, 2.75) is 6.61 Å². The first-order chi connectivity index (χ1) is 7.66. The maximum absolute atomic E-state index is 5.97. The number of rotatable bonds is 3. The van der Waals surface area contributed by atoms with Gasteiger partial charge < -0.3 is 9.30 Å². The van der Waals surface area contributed by atoms with Crippen LogP contribution < -0.4 is 4.74 Å². The Bertz CT molecular complexity index is 479. The summed E-state index contributed by atoms with van der Waals surface area (Å²) in [6.45, 7) is 0.406. The Morgan fingerprint density at radius 2 is 2.19 bits per heavy atom. The van der Waals surface area contributed by atoms with Crippen LogP contribution in [0.2, 0.25) is 5.02 Å². The summed E-state index contributed by atoms with van der Waals surface area (Å²) in [5, 5.41) is 0.609. The number of benzene rings is 1. The van der Waals surface area contributed by atoms with Crippen molar-refractivity contribution in [3.05, 3.63) is 45.9 Å². The van der Waals surface area contributed by atoms with Crippen LogP contribution in [0.4, 0.5) is 0 Å². The molecule has 0 amide bonds. The first-order valence-corrected chi connectivity index (χ1v) is 5.89. The quantitative estimate of drug-likeness (QED) is 0.868. The van der Waals surface area contributed by atoms with Gasteiger partial charge in [-0.25, -0.2) is 4.98 Å². The largest absolute Gasteiger partial charge is 0.486 e. The molecule has 0 aliphatic heterocycles. The Morgan fingerprint density at radius 1 is 1.44 bits per heavy atom. The molecule has 1 heterocycles. The lowest BCUT2D eigenvalue weighted by atomic mass is 10.3. The van der Waals surface area contributed by atoms with Crippen molar-refractivity contribution in [2.24, 2.45) is 7.05 Å². The molecule has 0 N–H and O–H groups in total.